The first-order chi connectivity index (χ1) is 54.8. The van der Waals surface area contributed by atoms with Gasteiger partial charge in [0.15, 0.2) is 5.82 Å². The normalized spacial score (nSPS) is 12.6. The van der Waals surface area contributed by atoms with E-state index in [4.69, 9.17) is 37.9 Å². The summed E-state index contributed by atoms with van der Waals surface area (Å²) in [5, 5.41) is 30.5. The lowest BCUT2D eigenvalue weighted by atomic mass is 10.2. The van der Waals surface area contributed by atoms with Gasteiger partial charge in [0.05, 0.1) is 66.9 Å². The first kappa shape index (κ1) is 90.3. The predicted molar refractivity (Wildman–Crippen MR) is 449 cm³/mol. The lowest BCUT2D eigenvalue weighted by molar-refractivity contribution is 0.0497. The van der Waals surface area contributed by atoms with Crippen molar-refractivity contribution in [1.29, 1.82) is 0 Å². The summed E-state index contributed by atoms with van der Waals surface area (Å²) in [6, 6.07) is 45.9. The van der Waals surface area contributed by atoms with E-state index in [1.807, 2.05) is 69.4 Å². The largest absolute Gasteiger partial charge is 0.497 e. The molecule has 0 bridgehead atoms. The van der Waals surface area contributed by atoms with Crippen molar-refractivity contribution in [3.63, 3.8) is 0 Å². The average molecular weight is 1900 g/mol. The SMILES string of the molecule is COc1ccc(CN(Cc2ccc(OC)cc2)S(=O)(=O)c2c(S(=O)(=O)NC[C@H](C)NC(=O)OC(C)(C)C)ccc(I)c2-c2nnn(Cc3ccc(OC)cc3)n2)cc1.COc1ccc(CN(Cc2ccc(OC)cc2)S(=O)(=O)c2c(S(=O)(=O)NC[C@H](C)NC(=O)OC(C)(C)C)ccc(I)c2-c2nnnn2Cc2ccc(OC)cc2)cc1. The van der Waals surface area contributed by atoms with Crippen LogP contribution in [-0.2, 0) is 88.8 Å². The van der Waals surface area contributed by atoms with E-state index in [0.717, 1.165) is 11.1 Å². The molecule has 0 spiro atoms. The van der Waals surface area contributed by atoms with E-state index in [2.05, 4.69) is 51.0 Å². The van der Waals surface area contributed by atoms with Crippen LogP contribution in [0.25, 0.3) is 22.8 Å². The summed E-state index contributed by atoms with van der Waals surface area (Å²) < 4.78 is 171. The number of ether oxygens (including phenoxy) is 8. The molecule has 32 nitrogen and oxygen atoms in total. The van der Waals surface area contributed by atoms with Gasteiger partial charge >= 0.3 is 12.2 Å². The molecule has 0 aliphatic heterocycles. The van der Waals surface area contributed by atoms with E-state index in [1.165, 1.54) is 70.8 Å². The Balaban J connectivity index is 0.000000265. The second-order valence-corrected chi connectivity index (χ2v) is 37.8. The van der Waals surface area contributed by atoms with Gasteiger partial charge in [0.2, 0.25) is 45.9 Å². The molecule has 620 valence electrons. The topological polar surface area (TPSA) is 386 Å². The van der Waals surface area contributed by atoms with Crippen LogP contribution in [0, 0.1) is 7.14 Å². The first-order valence-electron chi connectivity index (χ1n) is 35.8. The Morgan fingerprint density at radius 3 is 1.06 bits per heavy atom. The van der Waals surface area contributed by atoms with Gasteiger partial charge in [-0.05, 0) is 247 Å². The molecule has 0 saturated heterocycles. The quantitative estimate of drug-likeness (QED) is 0.0272. The molecule has 2 amide bonds. The van der Waals surface area contributed by atoms with E-state index >= 15 is 16.8 Å². The third kappa shape index (κ3) is 24.5. The van der Waals surface area contributed by atoms with E-state index in [0.29, 0.717) is 63.9 Å². The smallest absolute Gasteiger partial charge is 0.407 e. The summed E-state index contributed by atoms with van der Waals surface area (Å²) in [6.07, 6.45) is -1.48. The van der Waals surface area contributed by atoms with Crippen molar-refractivity contribution in [2.75, 3.05) is 55.7 Å². The first-order valence-corrected chi connectivity index (χ1v) is 43.8. The van der Waals surface area contributed by atoms with Gasteiger partial charge in [-0.15, -0.1) is 15.3 Å². The molecule has 116 heavy (non-hydrogen) atoms. The molecule has 10 aromatic rings. The fourth-order valence-electron chi connectivity index (χ4n) is 11.3. The van der Waals surface area contributed by atoms with Crippen molar-refractivity contribution in [2.45, 2.75) is 138 Å². The maximum Gasteiger partial charge on any atom is 0.407 e. The third-order valence-corrected chi connectivity index (χ3v) is 25.8. The number of tetrazole rings is 2. The number of benzene rings is 8. The number of nitrogens with zero attached hydrogens (tertiary/aromatic N) is 10. The summed E-state index contributed by atoms with van der Waals surface area (Å²) in [4.78, 5) is 24.0. The fourth-order valence-corrected chi connectivity index (χ4v) is 20.2. The predicted octanol–water partition coefficient (Wildman–Crippen LogP) is 11.2. The minimum Gasteiger partial charge on any atom is -0.497 e. The zero-order valence-electron chi connectivity index (χ0n) is 66.2. The molecule has 2 atom stereocenters. The summed E-state index contributed by atoms with van der Waals surface area (Å²) in [7, 11) is -9.53. The van der Waals surface area contributed by atoms with Crippen LogP contribution in [0.3, 0.4) is 0 Å². The number of amides is 2. The Labute approximate surface area is 703 Å². The van der Waals surface area contributed by atoms with Crippen LogP contribution in [0.1, 0.15) is 88.8 Å². The van der Waals surface area contributed by atoms with Crippen molar-refractivity contribution in [3.8, 4) is 57.3 Å². The Hall–Kier alpha value is -9.66. The molecule has 8 aromatic carbocycles. The number of carbonyl (C=O) groups is 2. The maximum absolute atomic E-state index is 15.5. The summed E-state index contributed by atoms with van der Waals surface area (Å²) in [6.45, 7) is 12.5. The zero-order chi connectivity index (χ0) is 84.5. The van der Waals surface area contributed by atoms with E-state index in [-0.39, 0.29) is 75.1 Å². The number of halogens is 2. The summed E-state index contributed by atoms with van der Waals surface area (Å²) >= 11 is 3.90. The van der Waals surface area contributed by atoms with Gasteiger partial charge in [0.1, 0.15) is 65.3 Å². The number of methoxy groups -OCH3 is 6. The molecule has 38 heteroatoms. The van der Waals surface area contributed by atoms with Gasteiger partial charge < -0.3 is 48.5 Å². The molecule has 0 aliphatic rings. The molecular weight excluding hydrogens is 1800 g/mol. The standard InChI is InChI=1S/2C39H46IN7O9S2/c1-26(42-38(48)56-39(2,3)4)22-41-57(49,50)34-21-20-33(40)35(37-43-44-45-47(37)25-29-12-18-32(55-7)19-13-29)36(34)58(51,52)46(23-27-8-14-30(53-5)15-9-27)24-28-10-16-31(54-6)17-11-28;1-26(42-38(48)56-39(2,3)4)22-41-57(49,50)34-21-20-33(40)35(37-43-45-47(44-37)25-29-12-18-32(55-7)19-13-29)36(34)58(51,52)46(23-27-8-14-30(53-5)15-9-27)24-28-10-16-31(54-6)17-11-28/h2*8-21,26,41H,22-25H2,1-7H3,(H,42,48)/t2*26-/m00/s1. The molecule has 0 radical (unpaired) electrons. The van der Waals surface area contributed by atoms with Crippen molar-refractivity contribution >= 4 is 97.5 Å². The van der Waals surface area contributed by atoms with Gasteiger partial charge in [-0.25, -0.2) is 57.4 Å². The van der Waals surface area contributed by atoms with Gasteiger partial charge in [-0.2, -0.15) is 13.4 Å². The number of carbonyl (C=O) groups excluding carboxylic acids is 2. The highest BCUT2D eigenvalue weighted by molar-refractivity contribution is 14.1. The molecule has 0 fully saturated rings. The number of hydrogen-bond donors (Lipinski definition) is 4. The molecular formula is C78H92I2N14O18S4. The average Bonchev–Trinajstić information content (AvgIpc) is 1.10. The van der Waals surface area contributed by atoms with Gasteiger partial charge in [-0.3, -0.25) is 0 Å². The molecule has 2 aromatic heterocycles. The highest BCUT2D eigenvalue weighted by atomic mass is 127. The molecule has 0 saturated carbocycles. The lowest BCUT2D eigenvalue weighted by Crippen LogP contribution is -2.44. The van der Waals surface area contributed by atoms with Crippen LogP contribution < -0.4 is 48.5 Å². The number of hydrogen-bond acceptors (Lipinski definition) is 24. The van der Waals surface area contributed by atoms with Crippen LogP contribution in [0.2, 0.25) is 0 Å². The highest BCUT2D eigenvalue weighted by Crippen LogP contribution is 2.41. The van der Waals surface area contributed by atoms with Gasteiger partial charge in [0, 0.05) is 58.5 Å². The van der Waals surface area contributed by atoms with Crippen LogP contribution >= 0.6 is 45.2 Å². The van der Waals surface area contributed by atoms with Crippen molar-refractivity contribution in [2.24, 2.45) is 0 Å². The van der Waals surface area contributed by atoms with Crippen molar-refractivity contribution in [1.82, 2.24) is 69.1 Å². The molecule has 10 rings (SSSR count). The maximum atomic E-state index is 15.5. The molecule has 2 heterocycles. The molecule has 4 N–H and O–H groups in total. The van der Waals surface area contributed by atoms with Crippen LogP contribution in [-0.4, -0.2) is 174 Å². The van der Waals surface area contributed by atoms with Crippen LogP contribution in [0.15, 0.2) is 189 Å². The van der Waals surface area contributed by atoms with Gasteiger partial charge in [0.25, 0.3) is 0 Å². The minimum absolute atomic E-state index is 0.0172. The third-order valence-electron chi connectivity index (χ3n) is 17.1. The van der Waals surface area contributed by atoms with Crippen molar-refractivity contribution in [3.05, 3.63) is 210 Å². The Kier molecular flexibility index (Phi) is 30.8. The van der Waals surface area contributed by atoms with Gasteiger partial charge in [-0.1, -0.05) is 72.8 Å². The van der Waals surface area contributed by atoms with E-state index in [1.54, 1.807) is 191 Å². The number of aromatic nitrogens is 8. The molecule has 0 aliphatic carbocycles. The molecule has 0 unspecified atom stereocenters. The van der Waals surface area contributed by atoms with E-state index in [9.17, 15) is 26.4 Å². The zero-order valence-corrected chi connectivity index (χ0v) is 73.8. The van der Waals surface area contributed by atoms with Crippen LogP contribution in [0.5, 0.6) is 34.5 Å². The fraction of sp³-hybridized carbons (Fsp3) is 0.333. The second-order valence-electron chi connectivity index (χ2n) is 28.2. The summed E-state index contributed by atoms with van der Waals surface area (Å²) in [5.74, 6) is 3.51. The minimum atomic E-state index is -4.77. The number of nitrogens with one attached hydrogen (secondary N) is 4. The second kappa shape index (κ2) is 39.5. The van der Waals surface area contributed by atoms with Crippen LogP contribution in [0.4, 0.5) is 9.59 Å². The number of sulfonamides is 4. The lowest BCUT2D eigenvalue weighted by Gasteiger charge is -2.26. The van der Waals surface area contributed by atoms with Crippen molar-refractivity contribution < 1.29 is 81.2 Å². The Bertz CT molecular complexity index is 5390. The van der Waals surface area contributed by atoms with E-state index < -0.39 is 95.1 Å². The summed E-state index contributed by atoms with van der Waals surface area (Å²) in [5.41, 5.74) is 2.39. The number of alkyl carbamates (subject to hydrolysis) is 2. The Morgan fingerprint density at radius 1 is 0.422 bits per heavy atom. The monoisotopic (exact) mass is 1890 g/mol. The Morgan fingerprint density at radius 2 is 0.733 bits per heavy atom. The highest BCUT2D eigenvalue weighted by Gasteiger charge is 2.40. The number of rotatable bonds is 34.